The van der Waals surface area contributed by atoms with Gasteiger partial charge in [0.1, 0.15) is 0 Å². The zero-order valence-electron chi connectivity index (χ0n) is 9.54. The van der Waals surface area contributed by atoms with Crippen LogP contribution < -0.4 is 11.1 Å². The molecule has 0 saturated carbocycles. The standard InChI is InChI=1S/C11H14BrClN2O.ClH/c1-6(2)10(14)11(16)15-7-3-4-9(13)8(12)5-7;/h3-6,10H,14H2,1-2H3,(H,15,16);1H/t10-;/m1./s1. The van der Waals surface area contributed by atoms with Crippen LogP contribution in [0.1, 0.15) is 13.8 Å². The quantitative estimate of drug-likeness (QED) is 0.884. The predicted molar refractivity (Wildman–Crippen MR) is 77.8 cm³/mol. The van der Waals surface area contributed by atoms with E-state index < -0.39 is 6.04 Å². The van der Waals surface area contributed by atoms with Gasteiger partial charge < -0.3 is 11.1 Å². The van der Waals surface area contributed by atoms with Crippen LogP contribution in [0.15, 0.2) is 22.7 Å². The maximum absolute atomic E-state index is 11.7. The van der Waals surface area contributed by atoms with E-state index in [0.29, 0.717) is 10.7 Å². The number of carbonyl (C=O) groups is 1. The average molecular weight is 342 g/mol. The highest BCUT2D eigenvalue weighted by Crippen LogP contribution is 2.25. The largest absolute Gasteiger partial charge is 0.325 e. The van der Waals surface area contributed by atoms with Gasteiger partial charge in [0.25, 0.3) is 0 Å². The summed E-state index contributed by atoms with van der Waals surface area (Å²) in [6, 6.07) is 4.68. The highest BCUT2D eigenvalue weighted by molar-refractivity contribution is 9.10. The lowest BCUT2D eigenvalue weighted by atomic mass is 10.1. The molecule has 0 unspecified atom stereocenters. The van der Waals surface area contributed by atoms with E-state index in [0.717, 1.165) is 4.47 Å². The third kappa shape index (κ3) is 4.84. The molecule has 1 aromatic carbocycles. The molecule has 0 fully saturated rings. The molecule has 0 saturated heterocycles. The Labute approximate surface area is 121 Å². The Morgan fingerprint density at radius 3 is 2.53 bits per heavy atom. The van der Waals surface area contributed by atoms with Crippen LogP contribution in [0.5, 0.6) is 0 Å². The number of carbonyl (C=O) groups excluding carboxylic acids is 1. The average Bonchev–Trinajstić information content (AvgIpc) is 2.22. The fourth-order valence-electron chi connectivity index (χ4n) is 1.10. The number of nitrogens with two attached hydrogens (primary N) is 1. The van der Waals surface area contributed by atoms with Gasteiger partial charge >= 0.3 is 0 Å². The highest BCUT2D eigenvalue weighted by Gasteiger charge is 2.17. The Bertz CT molecular complexity index is 399. The van der Waals surface area contributed by atoms with Gasteiger partial charge in [0.05, 0.1) is 11.1 Å². The molecule has 0 spiro atoms. The van der Waals surface area contributed by atoms with E-state index in [1.165, 1.54) is 0 Å². The smallest absolute Gasteiger partial charge is 0.241 e. The molecule has 96 valence electrons. The van der Waals surface area contributed by atoms with Crippen LogP contribution in [0.2, 0.25) is 5.02 Å². The molecule has 0 aromatic heterocycles. The van der Waals surface area contributed by atoms with Crippen LogP contribution in [-0.4, -0.2) is 11.9 Å². The molecule has 0 aliphatic carbocycles. The first-order valence-corrected chi connectivity index (χ1v) is 6.10. The lowest BCUT2D eigenvalue weighted by molar-refractivity contribution is -0.118. The van der Waals surface area contributed by atoms with Crippen LogP contribution in [0, 0.1) is 5.92 Å². The summed E-state index contributed by atoms with van der Waals surface area (Å²) < 4.78 is 0.741. The lowest BCUT2D eigenvalue weighted by Gasteiger charge is -2.15. The van der Waals surface area contributed by atoms with Crippen molar-refractivity contribution in [2.75, 3.05) is 5.32 Å². The number of nitrogens with one attached hydrogen (secondary N) is 1. The third-order valence-corrected chi connectivity index (χ3v) is 3.42. The number of hydrogen-bond acceptors (Lipinski definition) is 2. The molecule has 3 nitrogen and oxygen atoms in total. The highest BCUT2D eigenvalue weighted by atomic mass is 79.9. The predicted octanol–water partition coefficient (Wildman–Crippen LogP) is 3.45. The second-order valence-electron chi connectivity index (χ2n) is 3.89. The van der Waals surface area contributed by atoms with Gasteiger partial charge in [-0.15, -0.1) is 12.4 Å². The van der Waals surface area contributed by atoms with Crippen molar-refractivity contribution < 1.29 is 4.79 Å². The van der Waals surface area contributed by atoms with E-state index in [1.54, 1.807) is 18.2 Å². The fourth-order valence-corrected chi connectivity index (χ4v) is 1.60. The van der Waals surface area contributed by atoms with E-state index in [1.807, 2.05) is 13.8 Å². The zero-order valence-corrected chi connectivity index (χ0v) is 12.7. The maximum atomic E-state index is 11.7. The Morgan fingerprint density at radius 1 is 1.47 bits per heavy atom. The molecular weight excluding hydrogens is 327 g/mol. The van der Waals surface area contributed by atoms with Crippen molar-refractivity contribution in [1.82, 2.24) is 0 Å². The maximum Gasteiger partial charge on any atom is 0.241 e. The number of benzene rings is 1. The first-order chi connectivity index (χ1) is 7.41. The summed E-state index contributed by atoms with van der Waals surface area (Å²) in [5.74, 6) is -0.0834. The van der Waals surface area contributed by atoms with Crippen LogP contribution in [0.25, 0.3) is 0 Å². The number of anilines is 1. The zero-order chi connectivity index (χ0) is 12.3. The normalized spacial score (nSPS) is 11.9. The SMILES string of the molecule is CC(C)[C@@H](N)C(=O)Nc1ccc(Cl)c(Br)c1.Cl. The summed E-state index contributed by atoms with van der Waals surface area (Å²) in [5, 5.41) is 3.34. The first-order valence-electron chi connectivity index (χ1n) is 4.93. The van der Waals surface area contributed by atoms with Gasteiger partial charge in [-0.3, -0.25) is 4.79 Å². The molecule has 6 heteroatoms. The monoisotopic (exact) mass is 340 g/mol. The van der Waals surface area contributed by atoms with Gasteiger partial charge in [-0.05, 0) is 40.0 Å². The molecule has 17 heavy (non-hydrogen) atoms. The van der Waals surface area contributed by atoms with Gasteiger partial charge in [0, 0.05) is 10.2 Å². The minimum atomic E-state index is -0.505. The molecule has 1 aromatic rings. The van der Waals surface area contributed by atoms with Crippen LogP contribution >= 0.6 is 39.9 Å². The molecule has 0 radical (unpaired) electrons. The van der Waals surface area contributed by atoms with Gasteiger partial charge in [-0.2, -0.15) is 0 Å². The molecule has 1 atom stereocenters. The number of amides is 1. The van der Waals surface area contributed by atoms with E-state index in [9.17, 15) is 4.79 Å². The number of rotatable bonds is 3. The lowest BCUT2D eigenvalue weighted by Crippen LogP contribution is -2.39. The molecule has 1 amide bonds. The van der Waals surface area contributed by atoms with E-state index >= 15 is 0 Å². The van der Waals surface area contributed by atoms with Gasteiger partial charge in [-0.25, -0.2) is 0 Å². The van der Waals surface area contributed by atoms with Crippen molar-refractivity contribution in [3.63, 3.8) is 0 Å². The topological polar surface area (TPSA) is 55.1 Å². The van der Waals surface area contributed by atoms with E-state index in [2.05, 4.69) is 21.2 Å². The Kier molecular flexibility index (Phi) is 7.09. The van der Waals surface area contributed by atoms with E-state index in [4.69, 9.17) is 17.3 Å². The molecule has 1 rings (SSSR count). The molecule has 0 bridgehead atoms. The van der Waals surface area contributed by atoms with Crippen molar-refractivity contribution in [3.05, 3.63) is 27.7 Å². The van der Waals surface area contributed by atoms with E-state index in [-0.39, 0.29) is 24.2 Å². The summed E-state index contributed by atoms with van der Waals surface area (Å²) >= 11 is 9.13. The minimum absolute atomic E-state index is 0. The number of hydrogen-bond donors (Lipinski definition) is 2. The minimum Gasteiger partial charge on any atom is -0.325 e. The van der Waals surface area contributed by atoms with Gasteiger partial charge in [-0.1, -0.05) is 25.4 Å². The second kappa shape index (κ2) is 7.21. The third-order valence-electron chi connectivity index (χ3n) is 2.21. The molecule has 0 heterocycles. The van der Waals surface area contributed by atoms with Crippen molar-refractivity contribution >= 4 is 51.5 Å². The van der Waals surface area contributed by atoms with Crippen molar-refractivity contribution in [2.45, 2.75) is 19.9 Å². The summed E-state index contributed by atoms with van der Waals surface area (Å²) in [7, 11) is 0. The van der Waals surface area contributed by atoms with Gasteiger partial charge in [0.2, 0.25) is 5.91 Å². The van der Waals surface area contributed by atoms with Crippen LogP contribution in [-0.2, 0) is 4.79 Å². The van der Waals surface area contributed by atoms with Crippen molar-refractivity contribution in [2.24, 2.45) is 11.7 Å². The summed E-state index contributed by atoms with van der Waals surface area (Å²) in [6.45, 7) is 3.81. The fraction of sp³-hybridized carbons (Fsp3) is 0.364. The van der Waals surface area contributed by atoms with Crippen molar-refractivity contribution in [3.8, 4) is 0 Å². The summed E-state index contributed by atoms with van der Waals surface area (Å²) in [4.78, 5) is 11.7. The summed E-state index contributed by atoms with van der Waals surface area (Å²) in [6.07, 6.45) is 0. The Morgan fingerprint density at radius 2 is 2.06 bits per heavy atom. The molecule has 0 aliphatic heterocycles. The molecule has 3 N–H and O–H groups in total. The van der Waals surface area contributed by atoms with Gasteiger partial charge in [0.15, 0.2) is 0 Å². The Balaban J connectivity index is 0.00000256. The Hall–Kier alpha value is -0.290. The molecule has 0 aliphatic rings. The summed E-state index contributed by atoms with van der Waals surface area (Å²) in [5.41, 5.74) is 6.40. The van der Waals surface area contributed by atoms with Crippen LogP contribution in [0.3, 0.4) is 0 Å². The second-order valence-corrected chi connectivity index (χ2v) is 5.15. The number of halogens is 3. The first kappa shape index (κ1) is 16.7. The van der Waals surface area contributed by atoms with Crippen LogP contribution in [0.4, 0.5) is 5.69 Å². The molecular formula is C11H15BrCl2N2O. The van der Waals surface area contributed by atoms with Crippen molar-refractivity contribution in [1.29, 1.82) is 0 Å².